The zero-order valence-electron chi connectivity index (χ0n) is 22.4. The predicted molar refractivity (Wildman–Crippen MR) is 158 cm³/mol. The van der Waals surface area contributed by atoms with Crippen LogP contribution in [0.5, 0.6) is 0 Å². The Labute approximate surface area is 244 Å². The van der Waals surface area contributed by atoms with Crippen LogP contribution in [-0.4, -0.2) is 32.7 Å². The van der Waals surface area contributed by atoms with Gasteiger partial charge in [-0.05, 0) is 57.0 Å². The Bertz CT molecular complexity index is 1570. The molecule has 0 saturated carbocycles. The van der Waals surface area contributed by atoms with E-state index in [-0.39, 0.29) is 22.8 Å². The molecule has 8 nitrogen and oxygen atoms in total. The van der Waals surface area contributed by atoms with E-state index in [1.807, 2.05) is 6.26 Å². The number of nitrogens with one attached hydrogen (secondary N) is 2. The number of carbonyl (C=O) groups is 1. The first-order chi connectivity index (χ1) is 18.8. The van der Waals surface area contributed by atoms with Crippen LogP contribution >= 0.6 is 35.1 Å². The van der Waals surface area contributed by atoms with E-state index in [1.54, 1.807) is 50.7 Å². The average Bonchev–Trinajstić information content (AvgIpc) is 3.16. The molecule has 0 aliphatic rings. The number of benzene rings is 2. The molecule has 1 amide bonds. The molecule has 0 saturated heterocycles. The summed E-state index contributed by atoms with van der Waals surface area (Å²) in [6.45, 7) is 5.17. The van der Waals surface area contributed by atoms with Crippen LogP contribution in [0.1, 0.15) is 38.1 Å². The Balaban J connectivity index is 1.94. The highest BCUT2D eigenvalue weighted by atomic mass is 35.5. The molecule has 0 radical (unpaired) electrons. The van der Waals surface area contributed by atoms with Crippen molar-refractivity contribution in [1.82, 2.24) is 20.1 Å². The number of ether oxygens (including phenoxy) is 1. The number of nitrogen functional groups attached to an aromatic ring is 1. The van der Waals surface area contributed by atoms with Crippen LogP contribution in [0.3, 0.4) is 0 Å². The number of pyridine rings is 1. The number of nitrogens with two attached hydrogens (primary N) is 1. The number of aromatic nitrogens is 3. The second-order valence-corrected chi connectivity index (χ2v) is 11.5. The van der Waals surface area contributed by atoms with Crippen molar-refractivity contribution in [3.8, 4) is 11.1 Å². The van der Waals surface area contributed by atoms with Crippen molar-refractivity contribution in [3.05, 3.63) is 69.5 Å². The largest absolute Gasteiger partial charge is 0.444 e. The first-order valence-corrected chi connectivity index (χ1v) is 14.1. The number of fused-ring (bicyclic) bond motifs is 1. The summed E-state index contributed by atoms with van der Waals surface area (Å²) in [5.41, 5.74) is 8.02. The van der Waals surface area contributed by atoms with Crippen LogP contribution in [0.2, 0.25) is 10.2 Å². The molecular formula is C27H28Cl2F2N6O2S. The van der Waals surface area contributed by atoms with Crippen molar-refractivity contribution in [3.63, 3.8) is 0 Å². The summed E-state index contributed by atoms with van der Waals surface area (Å²) < 4.78 is 38.5. The Morgan fingerprint density at radius 1 is 1.15 bits per heavy atom. The highest BCUT2D eigenvalue weighted by molar-refractivity contribution is 7.99. The topological polar surface area (TPSA) is 107 Å². The van der Waals surface area contributed by atoms with Gasteiger partial charge in [-0.15, -0.1) is 0 Å². The van der Waals surface area contributed by atoms with Crippen LogP contribution in [-0.2, 0) is 18.2 Å². The number of carbonyl (C=O) groups excluding carboxylic acids is 1. The van der Waals surface area contributed by atoms with Gasteiger partial charge in [-0.3, -0.25) is 4.68 Å². The Hall–Kier alpha value is -3.28. The summed E-state index contributed by atoms with van der Waals surface area (Å²) in [6.07, 6.45) is 1.08. The molecule has 0 aliphatic heterocycles. The van der Waals surface area contributed by atoms with Crippen LogP contribution in [0.15, 0.2) is 36.4 Å². The summed E-state index contributed by atoms with van der Waals surface area (Å²) in [7, 11) is 1.77. The lowest BCUT2D eigenvalue weighted by atomic mass is 9.94. The number of anilines is 2. The zero-order valence-corrected chi connectivity index (χ0v) is 24.7. The Kier molecular flexibility index (Phi) is 8.67. The molecule has 0 aliphatic carbocycles. The van der Waals surface area contributed by atoms with Gasteiger partial charge in [0.2, 0.25) is 0 Å². The molecule has 0 spiro atoms. The second-order valence-electron chi connectivity index (χ2n) is 10.1. The standard InChI is InChI=1S/C27H28Cl2F2N6O2S/c1-27(2,3)39-26(38)33-20(10-13-8-14(30)11-15(31)9-13)22-17(12-19(32)24(29)34-22)16-6-7-18(28)21-23(16)37(4)35-25(21)36-40-5/h6-9,11-12,20H,10,32H2,1-5H3,(H,33,38)(H,35,36). The van der Waals surface area contributed by atoms with E-state index in [1.165, 1.54) is 24.1 Å². The first-order valence-electron chi connectivity index (χ1n) is 12.1. The number of aryl methyl sites for hydroxylation is 1. The quantitative estimate of drug-likeness (QED) is 0.149. The van der Waals surface area contributed by atoms with Gasteiger partial charge >= 0.3 is 6.09 Å². The van der Waals surface area contributed by atoms with Gasteiger partial charge in [0.25, 0.3) is 0 Å². The van der Waals surface area contributed by atoms with Crippen LogP contribution in [0, 0.1) is 11.6 Å². The fourth-order valence-corrected chi connectivity index (χ4v) is 5.12. The van der Waals surface area contributed by atoms with E-state index in [2.05, 4.69) is 20.1 Å². The summed E-state index contributed by atoms with van der Waals surface area (Å²) in [5.74, 6) is -0.942. The summed E-state index contributed by atoms with van der Waals surface area (Å²) in [4.78, 5) is 17.5. The molecular weight excluding hydrogens is 581 g/mol. The van der Waals surface area contributed by atoms with E-state index in [0.717, 1.165) is 6.07 Å². The van der Waals surface area contributed by atoms with Gasteiger partial charge in [-0.25, -0.2) is 18.6 Å². The zero-order chi connectivity index (χ0) is 29.4. The second kappa shape index (κ2) is 11.7. The summed E-state index contributed by atoms with van der Waals surface area (Å²) in [5, 5.41) is 8.50. The average molecular weight is 610 g/mol. The lowest BCUT2D eigenvalue weighted by molar-refractivity contribution is 0.0502. The molecule has 2 heterocycles. The third-order valence-corrected chi connectivity index (χ3v) is 6.86. The van der Waals surface area contributed by atoms with Gasteiger partial charge in [0, 0.05) is 30.5 Å². The van der Waals surface area contributed by atoms with E-state index >= 15 is 0 Å². The molecule has 2 aromatic heterocycles. The number of halogens is 4. The SMILES string of the molecule is CSNc1nn(C)c2c(-c3cc(N)c(Cl)nc3C(Cc3cc(F)cc(F)c3)NC(=O)OC(C)(C)C)ccc(Cl)c12. The fraction of sp³-hybridized carbons (Fsp3) is 0.296. The Morgan fingerprint density at radius 3 is 2.45 bits per heavy atom. The van der Waals surface area contributed by atoms with Crippen molar-refractivity contribution >= 4 is 63.7 Å². The van der Waals surface area contributed by atoms with Gasteiger partial charge in [-0.2, -0.15) is 5.10 Å². The molecule has 40 heavy (non-hydrogen) atoms. The number of amides is 1. The minimum Gasteiger partial charge on any atom is -0.444 e. The number of hydrogen-bond acceptors (Lipinski definition) is 7. The van der Waals surface area contributed by atoms with Crippen molar-refractivity contribution in [2.75, 3.05) is 16.7 Å². The molecule has 0 bridgehead atoms. The fourth-order valence-electron chi connectivity index (χ4n) is 4.39. The third-order valence-electron chi connectivity index (χ3n) is 5.84. The smallest absolute Gasteiger partial charge is 0.408 e. The van der Waals surface area contributed by atoms with Crippen molar-refractivity contribution in [2.24, 2.45) is 7.05 Å². The van der Waals surface area contributed by atoms with E-state index in [4.69, 9.17) is 33.7 Å². The van der Waals surface area contributed by atoms with E-state index in [9.17, 15) is 13.6 Å². The Morgan fingerprint density at radius 2 is 1.82 bits per heavy atom. The molecule has 4 rings (SSSR count). The minimum atomic E-state index is -0.924. The van der Waals surface area contributed by atoms with Gasteiger partial charge in [0.1, 0.15) is 17.2 Å². The normalized spacial score (nSPS) is 12.4. The van der Waals surface area contributed by atoms with Crippen LogP contribution in [0.4, 0.5) is 25.1 Å². The van der Waals surface area contributed by atoms with E-state index in [0.29, 0.717) is 38.6 Å². The minimum absolute atomic E-state index is 0.000105. The molecule has 212 valence electrons. The molecule has 1 atom stereocenters. The monoisotopic (exact) mass is 608 g/mol. The van der Waals surface area contributed by atoms with Gasteiger partial charge in [0.05, 0.1) is 33.3 Å². The lowest BCUT2D eigenvalue weighted by Crippen LogP contribution is -2.36. The van der Waals surface area contributed by atoms with Gasteiger partial charge in [0.15, 0.2) is 11.0 Å². The van der Waals surface area contributed by atoms with Crippen molar-refractivity contribution in [2.45, 2.75) is 38.8 Å². The predicted octanol–water partition coefficient (Wildman–Crippen LogP) is 7.30. The maximum absolute atomic E-state index is 14.1. The molecule has 13 heteroatoms. The maximum atomic E-state index is 14.1. The maximum Gasteiger partial charge on any atom is 0.408 e. The van der Waals surface area contributed by atoms with E-state index < -0.39 is 29.4 Å². The third kappa shape index (κ3) is 6.54. The summed E-state index contributed by atoms with van der Waals surface area (Å²) in [6, 6.07) is 7.37. The number of nitrogens with zero attached hydrogens (tertiary/aromatic N) is 3. The highest BCUT2D eigenvalue weighted by Gasteiger charge is 2.27. The molecule has 4 N–H and O–H groups in total. The molecule has 2 aromatic carbocycles. The van der Waals surface area contributed by atoms with Gasteiger partial charge in [-0.1, -0.05) is 41.2 Å². The molecule has 4 aromatic rings. The lowest BCUT2D eigenvalue weighted by Gasteiger charge is -2.25. The van der Waals surface area contributed by atoms with Crippen molar-refractivity contribution in [1.29, 1.82) is 0 Å². The van der Waals surface area contributed by atoms with Gasteiger partial charge < -0.3 is 20.5 Å². The van der Waals surface area contributed by atoms with Crippen molar-refractivity contribution < 1.29 is 18.3 Å². The first kappa shape index (κ1) is 29.7. The number of alkyl carbamates (subject to hydrolysis) is 1. The summed E-state index contributed by atoms with van der Waals surface area (Å²) >= 11 is 14.3. The molecule has 1 unspecified atom stereocenters. The number of rotatable bonds is 7. The highest BCUT2D eigenvalue weighted by Crippen LogP contribution is 2.41. The van der Waals surface area contributed by atoms with Crippen LogP contribution in [0.25, 0.3) is 22.0 Å². The molecule has 0 fully saturated rings. The number of hydrogen-bond donors (Lipinski definition) is 3. The van der Waals surface area contributed by atoms with Crippen LogP contribution < -0.4 is 15.8 Å².